The summed E-state index contributed by atoms with van der Waals surface area (Å²) in [6, 6.07) is 9.98. The molecule has 0 spiro atoms. The smallest absolute Gasteiger partial charge is 0.254 e. The van der Waals surface area contributed by atoms with E-state index in [4.69, 9.17) is 4.74 Å². The lowest BCUT2D eigenvalue weighted by Gasteiger charge is -2.37. The third-order valence-corrected chi connectivity index (χ3v) is 5.52. The molecule has 4 nitrogen and oxygen atoms in total. The minimum absolute atomic E-state index is 0.0217. The Labute approximate surface area is 146 Å². The Morgan fingerprint density at radius 2 is 1.96 bits per heavy atom. The zero-order chi connectivity index (χ0) is 17.4. The van der Waals surface area contributed by atoms with Crippen molar-refractivity contribution in [2.75, 3.05) is 19.8 Å². The summed E-state index contributed by atoms with van der Waals surface area (Å²) in [5.41, 5.74) is 0.523. The lowest BCUT2D eigenvalue weighted by atomic mass is 9.89. The van der Waals surface area contributed by atoms with Crippen molar-refractivity contribution in [3.8, 4) is 0 Å². The number of rotatable bonds is 2. The van der Waals surface area contributed by atoms with Crippen LogP contribution in [0.25, 0.3) is 10.8 Å². The minimum Gasteiger partial charge on any atom is -0.393 e. The first-order chi connectivity index (χ1) is 12.2. The molecule has 2 fully saturated rings. The van der Waals surface area contributed by atoms with E-state index < -0.39 is 6.10 Å². The molecule has 2 aromatic carbocycles. The summed E-state index contributed by atoms with van der Waals surface area (Å²) in [6.07, 6.45) is 1.97. The molecule has 25 heavy (non-hydrogen) atoms. The molecule has 2 heterocycles. The molecule has 3 atom stereocenters. The topological polar surface area (TPSA) is 49.8 Å². The SMILES string of the molecule is O=C(c1ccc(F)c2ccccc12)N1CCC[C@@H]1[C@H]1COCC[C@@H]1O. The fraction of sp³-hybridized carbons (Fsp3) is 0.450. The number of hydrogen-bond acceptors (Lipinski definition) is 3. The van der Waals surface area contributed by atoms with Crippen molar-refractivity contribution in [1.29, 1.82) is 0 Å². The lowest BCUT2D eigenvalue weighted by molar-refractivity contribution is -0.0589. The average molecular weight is 343 g/mol. The second kappa shape index (κ2) is 6.73. The van der Waals surface area contributed by atoms with E-state index in [1.807, 2.05) is 11.0 Å². The van der Waals surface area contributed by atoms with Crippen molar-refractivity contribution in [3.05, 3.63) is 47.8 Å². The van der Waals surface area contributed by atoms with Crippen LogP contribution in [0.5, 0.6) is 0 Å². The average Bonchev–Trinajstić information content (AvgIpc) is 3.12. The number of hydrogen-bond donors (Lipinski definition) is 1. The van der Waals surface area contributed by atoms with Gasteiger partial charge in [0.25, 0.3) is 5.91 Å². The van der Waals surface area contributed by atoms with Gasteiger partial charge >= 0.3 is 0 Å². The molecular weight excluding hydrogens is 321 g/mol. The molecule has 0 aliphatic carbocycles. The van der Waals surface area contributed by atoms with Gasteiger partial charge < -0.3 is 14.7 Å². The Balaban J connectivity index is 1.67. The van der Waals surface area contributed by atoms with E-state index in [0.29, 0.717) is 42.5 Å². The highest BCUT2D eigenvalue weighted by atomic mass is 19.1. The van der Waals surface area contributed by atoms with Crippen LogP contribution in [0.4, 0.5) is 4.39 Å². The van der Waals surface area contributed by atoms with Crippen molar-refractivity contribution in [2.24, 2.45) is 5.92 Å². The first-order valence-corrected chi connectivity index (χ1v) is 8.91. The largest absolute Gasteiger partial charge is 0.393 e. The van der Waals surface area contributed by atoms with Gasteiger partial charge in [-0.3, -0.25) is 4.79 Å². The van der Waals surface area contributed by atoms with Crippen LogP contribution in [0.3, 0.4) is 0 Å². The number of halogens is 1. The van der Waals surface area contributed by atoms with Crippen molar-refractivity contribution >= 4 is 16.7 Å². The van der Waals surface area contributed by atoms with Gasteiger partial charge in [-0.25, -0.2) is 4.39 Å². The fourth-order valence-corrected chi connectivity index (χ4v) is 4.21. The van der Waals surface area contributed by atoms with Gasteiger partial charge in [0.2, 0.25) is 0 Å². The molecule has 1 amide bonds. The van der Waals surface area contributed by atoms with Gasteiger partial charge in [0.15, 0.2) is 0 Å². The third kappa shape index (κ3) is 2.92. The van der Waals surface area contributed by atoms with Gasteiger partial charge in [-0.05, 0) is 36.8 Å². The Kier molecular flexibility index (Phi) is 4.44. The van der Waals surface area contributed by atoms with E-state index in [2.05, 4.69) is 0 Å². The van der Waals surface area contributed by atoms with E-state index >= 15 is 0 Å². The summed E-state index contributed by atoms with van der Waals surface area (Å²) in [5, 5.41) is 11.4. The molecule has 132 valence electrons. The molecule has 4 rings (SSSR count). The Hall–Kier alpha value is -1.98. The minimum atomic E-state index is -0.433. The molecule has 0 bridgehead atoms. The van der Waals surface area contributed by atoms with Crippen LogP contribution in [0, 0.1) is 11.7 Å². The highest BCUT2D eigenvalue weighted by Crippen LogP contribution is 2.32. The maximum atomic E-state index is 14.1. The van der Waals surface area contributed by atoms with E-state index in [-0.39, 0.29) is 23.7 Å². The van der Waals surface area contributed by atoms with Crippen LogP contribution >= 0.6 is 0 Å². The summed E-state index contributed by atoms with van der Waals surface area (Å²) in [5.74, 6) is -0.454. The number of carbonyl (C=O) groups excluding carboxylic acids is 1. The molecule has 0 aromatic heterocycles. The molecule has 2 saturated heterocycles. The number of likely N-dealkylation sites (tertiary alicyclic amines) is 1. The van der Waals surface area contributed by atoms with E-state index in [1.165, 1.54) is 6.07 Å². The van der Waals surface area contributed by atoms with Crippen LogP contribution in [-0.4, -0.2) is 47.8 Å². The molecule has 2 aliphatic rings. The van der Waals surface area contributed by atoms with Crippen LogP contribution in [0.15, 0.2) is 36.4 Å². The number of amides is 1. The zero-order valence-electron chi connectivity index (χ0n) is 14.0. The molecule has 1 N–H and O–H groups in total. The number of ether oxygens (including phenoxy) is 1. The quantitative estimate of drug-likeness (QED) is 0.912. The number of benzene rings is 2. The molecule has 0 radical (unpaired) electrons. The number of carbonyl (C=O) groups is 1. The molecular formula is C20H22FNO3. The van der Waals surface area contributed by atoms with Crippen LogP contribution in [0.2, 0.25) is 0 Å². The summed E-state index contributed by atoms with van der Waals surface area (Å²) >= 11 is 0. The summed E-state index contributed by atoms with van der Waals surface area (Å²) in [4.78, 5) is 15.1. The van der Waals surface area contributed by atoms with Crippen LogP contribution in [-0.2, 0) is 4.74 Å². The van der Waals surface area contributed by atoms with Gasteiger partial charge in [-0.15, -0.1) is 0 Å². The zero-order valence-corrected chi connectivity index (χ0v) is 14.0. The van der Waals surface area contributed by atoms with Crippen molar-refractivity contribution < 1.29 is 19.0 Å². The van der Waals surface area contributed by atoms with Gasteiger partial charge in [-0.2, -0.15) is 0 Å². The third-order valence-electron chi connectivity index (χ3n) is 5.52. The van der Waals surface area contributed by atoms with Gasteiger partial charge in [0.05, 0.1) is 12.7 Å². The predicted molar refractivity (Wildman–Crippen MR) is 92.9 cm³/mol. The second-order valence-corrected chi connectivity index (χ2v) is 6.94. The normalized spacial score (nSPS) is 27.0. The number of aliphatic hydroxyl groups is 1. The summed E-state index contributed by atoms with van der Waals surface area (Å²) in [7, 11) is 0. The van der Waals surface area contributed by atoms with E-state index in [0.717, 1.165) is 12.8 Å². The summed E-state index contributed by atoms with van der Waals surface area (Å²) < 4.78 is 19.6. The van der Waals surface area contributed by atoms with E-state index in [9.17, 15) is 14.3 Å². The lowest BCUT2D eigenvalue weighted by Crippen LogP contribution is -2.48. The number of nitrogens with zero attached hydrogens (tertiary/aromatic N) is 1. The molecule has 0 unspecified atom stereocenters. The predicted octanol–water partition coefficient (Wildman–Crippen LogP) is 2.98. The standard InChI is InChI=1S/C20H22FNO3/c21-17-8-7-15(13-4-1-2-5-14(13)17)20(24)22-10-3-6-18(22)16-12-25-11-9-19(16)23/h1-2,4-5,7-8,16,18-19,23H,3,6,9-12H2/t16-,18-,19+/m1/s1. The van der Waals surface area contributed by atoms with Gasteiger partial charge in [-0.1, -0.05) is 24.3 Å². The van der Waals surface area contributed by atoms with Crippen molar-refractivity contribution in [1.82, 2.24) is 4.90 Å². The Bertz CT molecular complexity index is 794. The number of fused-ring (bicyclic) bond motifs is 1. The first kappa shape index (κ1) is 16.5. The molecule has 0 saturated carbocycles. The Morgan fingerprint density at radius 3 is 2.76 bits per heavy atom. The van der Waals surface area contributed by atoms with E-state index in [1.54, 1.807) is 24.3 Å². The first-order valence-electron chi connectivity index (χ1n) is 8.91. The second-order valence-electron chi connectivity index (χ2n) is 6.94. The van der Waals surface area contributed by atoms with Gasteiger partial charge in [0.1, 0.15) is 5.82 Å². The highest BCUT2D eigenvalue weighted by molar-refractivity contribution is 6.07. The van der Waals surface area contributed by atoms with Crippen molar-refractivity contribution in [2.45, 2.75) is 31.4 Å². The maximum Gasteiger partial charge on any atom is 0.254 e. The molecule has 2 aromatic rings. The monoisotopic (exact) mass is 343 g/mol. The van der Waals surface area contributed by atoms with Gasteiger partial charge in [0, 0.05) is 36.1 Å². The van der Waals surface area contributed by atoms with Crippen LogP contribution < -0.4 is 0 Å². The van der Waals surface area contributed by atoms with Crippen molar-refractivity contribution in [3.63, 3.8) is 0 Å². The Morgan fingerprint density at radius 1 is 1.16 bits per heavy atom. The fourth-order valence-electron chi connectivity index (χ4n) is 4.21. The highest BCUT2D eigenvalue weighted by Gasteiger charge is 2.40. The maximum absolute atomic E-state index is 14.1. The number of aliphatic hydroxyl groups excluding tert-OH is 1. The summed E-state index contributed by atoms with van der Waals surface area (Å²) in [6.45, 7) is 1.72. The molecule has 2 aliphatic heterocycles. The van der Waals surface area contributed by atoms with Crippen LogP contribution in [0.1, 0.15) is 29.6 Å². The molecule has 5 heteroatoms.